The lowest BCUT2D eigenvalue weighted by Gasteiger charge is -2.57. The molecule has 5 rings (SSSR count). The van der Waals surface area contributed by atoms with E-state index in [1.807, 2.05) is 5.57 Å². The highest BCUT2D eigenvalue weighted by Gasteiger charge is 2.65. The number of allylic oxidation sites excluding steroid dienone is 3. The average Bonchev–Trinajstić information content (AvgIpc) is 3.44. The van der Waals surface area contributed by atoms with Gasteiger partial charge in [0.25, 0.3) is 0 Å². The fourth-order valence-corrected chi connectivity index (χ4v) is 7.81. The summed E-state index contributed by atoms with van der Waals surface area (Å²) in [5, 5.41) is 10.1. The van der Waals surface area contributed by atoms with Crippen molar-refractivity contribution in [2.24, 2.45) is 46.3 Å². The van der Waals surface area contributed by atoms with Crippen molar-refractivity contribution in [1.82, 2.24) is 0 Å². The first kappa shape index (κ1) is 16.2. The molecule has 5 aliphatic carbocycles. The molecule has 5 aliphatic rings. The van der Waals surface area contributed by atoms with Crippen LogP contribution in [-0.4, -0.2) is 0 Å². The van der Waals surface area contributed by atoms with Gasteiger partial charge in [-0.15, -0.1) is 0 Å². The summed E-state index contributed by atoms with van der Waals surface area (Å²) >= 11 is 0. The van der Waals surface area contributed by atoms with E-state index in [1.54, 1.807) is 0 Å². The highest BCUT2D eigenvalue weighted by Crippen LogP contribution is 2.71. The lowest BCUT2D eigenvalue weighted by Crippen LogP contribution is -2.51. The van der Waals surface area contributed by atoms with Crippen molar-refractivity contribution >= 4 is 0 Å². The molecule has 4 fully saturated rings. The number of nitrogens with zero attached hydrogens (tertiary/aromatic N) is 1. The van der Waals surface area contributed by atoms with Crippen molar-refractivity contribution in [1.29, 1.82) is 5.26 Å². The van der Waals surface area contributed by atoms with Crippen molar-refractivity contribution in [3.63, 3.8) is 0 Å². The van der Waals surface area contributed by atoms with E-state index in [9.17, 15) is 5.26 Å². The van der Waals surface area contributed by atoms with Gasteiger partial charge in [0, 0.05) is 0 Å². The van der Waals surface area contributed by atoms with Gasteiger partial charge in [0.05, 0.1) is 11.5 Å². The maximum Gasteiger partial charge on any atom is 0.0808 e. The van der Waals surface area contributed by atoms with E-state index >= 15 is 0 Å². The summed E-state index contributed by atoms with van der Waals surface area (Å²) in [5.74, 6) is 5.24. The third-order valence-electron chi connectivity index (χ3n) is 9.63. The van der Waals surface area contributed by atoms with Crippen LogP contribution in [0.5, 0.6) is 0 Å². The molecule has 1 heteroatoms. The minimum Gasteiger partial charge on any atom is -0.197 e. The Morgan fingerprint density at radius 3 is 2.64 bits per heavy atom. The van der Waals surface area contributed by atoms with Crippen molar-refractivity contribution in [3.05, 3.63) is 23.8 Å². The first-order valence-corrected chi connectivity index (χ1v) is 10.8. The lowest BCUT2D eigenvalue weighted by atomic mass is 9.46. The SMILES string of the molecule is C=C1C[C@H]2[C@@H]3C(C4CC4)CC4=CCCC[C@@H]4[C@H]3CC[C@]2(C)[C@@]1(C)C#N. The van der Waals surface area contributed by atoms with E-state index in [1.165, 1.54) is 56.9 Å². The molecule has 0 heterocycles. The topological polar surface area (TPSA) is 23.8 Å². The summed E-state index contributed by atoms with van der Waals surface area (Å²) < 4.78 is 0. The zero-order valence-electron chi connectivity index (χ0n) is 16.1. The zero-order valence-corrected chi connectivity index (χ0v) is 16.1. The molecule has 1 nitrogen and oxygen atoms in total. The predicted octanol–water partition coefficient (Wildman–Crippen LogP) is 6.28. The van der Waals surface area contributed by atoms with Crippen molar-refractivity contribution in [2.45, 2.75) is 71.6 Å². The van der Waals surface area contributed by atoms with E-state index in [-0.39, 0.29) is 10.8 Å². The van der Waals surface area contributed by atoms with Gasteiger partial charge in [-0.1, -0.05) is 30.7 Å². The molecule has 0 aliphatic heterocycles. The molecule has 0 spiro atoms. The Morgan fingerprint density at radius 2 is 1.92 bits per heavy atom. The molecule has 25 heavy (non-hydrogen) atoms. The van der Waals surface area contributed by atoms with Crippen molar-refractivity contribution in [2.75, 3.05) is 0 Å². The van der Waals surface area contributed by atoms with Crippen LogP contribution in [0.4, 0.5) is 0 Å². The second kappa shape index (κ2) is 5.25. The van der Waals surface area contributed by atoms with E-state index < -0.39 is 0 Å². The summed E-state index contributed by atoms with van der Waals surface area (Å²) in [5.41, 5.74) is 2.93. The first-order chi connectivity index (χ1) is 12.0. The molecule has 1 unspecified atom stereocenters. The number of nitriles is 1. The van der Waals surface area contributed by atoms with Crippen molar-refractivity contribution < 1.29 is 0 Å². The molecule has 0 amide bonds. The van der Waals surface area contributed by atoms with Crippen LogP contribution in [0.15, 0.2) is 23.8 Å². The van der Waals surface area contributed by atoms with E-state index in [4.69, 9.17) is 0 Å². The molecule has 0 aromatic rings. The molecule has 0 radical (unpaired) electrons. The highest BCUT2D eigenvalue weighted by molar-refractivity contribution is 5.34. The van der Waals surface area contributed by atoms with E-state index in [0.29, 0.717) is 5.92 Å². The minimum atomic E-state index is -0.306. The fraction of sp³-hybridized carbons (Fsp3) is 0.792. The van der Waals surface area contributed by atoms with Crippen LogP contribution in [0.2, 0.25) is 0 Å². The number of hydrogen-bond donors (Lipinski definition) is 0. The molecule has 134 valence electrons. The molecule has 4 saturated carbocycles. The molecular formula is C24H33N. The Bertz CT molecular complexity index is 677. The molecule has 0 saturated heterocycles. The Balaban J connectivity index is 1.57. The van der Waals surface area contributed by atoms with Crippen LogP contribution in [0, 0.1) is 57.7 Å². The number of fused-ring (bicyclic) bond motifs is 5. The van der Waals surface area contributed by atoms with Crippen LogP contribution < -0.4 is 0 Å². The van der Waals surface area contributed by atoms with Gasteiger partial charge in [-0.2, -0.15) is 5.26 Å². The standard InChI is InChI=1S/C24H33N/c1-15-12-21-22-19(10-11-23(21,2)24(15,3)14-25)18-7-5-4-6-17(18)13-20(22)16-8-9-16/h6,16,18-22H,1,4-5,7-13H2,2-3H3/t18-,19+,20?,21-,22-,23-,24-/m0/s1. The molecule has 0 N–H and O–H groups in total. The molecule has 7 atom stereocenters. The van der Waals surface area contributed by atoms with Crippen LogP contribution in [0.3, 0.4) is 0 Å². The Hall–Kier alpha value is -1.03. The predicted molar refractivity (Wildman–Crippen MR) is 102 cm³/mol. The maximum absolute atomic E-state index is 10.1. The molecule has 0 aromatic heterocycles. The van der Waals surface area contributed by atoms with Gasteiger partial charge in [-0.05, 0) is 106 Å². The summed E-state index contributed by atoms with van der Waals surface area (Å²) in [4.78, 5) is 0. The average molecular weight is 336 g/mol. The third-order valence-corrected chi connectivity index (χ3v) is 9.63. The quantitative estimate of drug-likeness (QED) is 0.517. The molecule has 0 bridgehead atoms. The molecular weight excluding hydrogens is 302 g/mol. The summed E-state index contributed by atoms with van der Waals surface area (Å²) in [6.07, 6.45) is 14.8. The van der Waals surface area contributed by atoms with Gasteiger partial charge in [-0.3, -0.25) is 0 Å². The minimum absolute atomic E-state index is 0.156. The van der Waals surface area contributed by atoms with Gasteiger partial charge in [-0.25, -0.2) is 0 Å². The first-order valence-electron chi connectivity index (χ1n) is 10.8. The monoisotopic (exact) mass is 335 g/mol. The van der Waals surface area contributed by atoms with Crippen molar-refractivity contribution in [3.8, 4) is 6.07 Å². The van der Waals surface area contributed by atoms with E-state index in [0.717, 1.165) is 36.0 Å². The largest absolute Gasteiger partial charge is 0.197 e. The van der Waals surface area contributed by atoms with Gasteiger partial charge in [0.1, 0.15) is 0 Å². The number of hydrogen-bond acceptors (Lipinski definition) is 1. The fourth-order valence-electron chi connectivity index (χ4n) is 7.81. The lowest BCUT2D eigenvalue weighted by molar-refractivity contribution is -0.0648. The van der Waals surface area contributed by atoms with Gasteiger partial charge >= 0.3 is 0 Å². The maximum atomic E-state index is 10.1. The summed E-state index contributed by atoms with van der Waals surface area (Å²) in [7, 11) is 0. The third kappa shape index (κ3) is 2.01. The Morgan fingerprint density at radius 1 is 1.12 bits per heavy atom. The van der Waals surface area contributed by atoms with E-state index in [2.05, 4.69) is 32.6 Å². The second-order valence-corrected chi connectivity index (χ2v) is 10.4. The normalized spacial score (nSPS) is 51.8. The Kier molecular flexibility index (Phi) is 3.39. The smallest absolute Gasteiger partial charge is 0.0808 e. The van der Waals surface area contributed by atoms with Gasteiger partial charge < -0.3 is 0 Å². The summed E-state index contributed by atoms with van der Waals surface area (Å²) in [6.45, 7) is 9.07. The number of rotatable bonds is 1. The van der Waals surface area contributed by atoms with Crippen LogP contribution in [0.25, 0.3) is 0 Å². The van der Waals surface area contributed by atoms with Gasteiger partial charge in [0.15, 0.2) is 0 Å². The second-order valence-electron chi connectivity index (χ2n) is 10.4. The van der Waals surface area contributed by atoms with Gasteiger partial charge in [0.2, 0.25) is 0 Å². The Labute approximate surface area is 153 Å². The van der Waals surface area contributed by atoms with Crippen LogP contribution in [-0.2, 0) is 0 Å². The zero-order chi connectivity index (χ0) is 17.4. The van der Waals surface area contributed by atoms with Crippen LogP contribution in [0.1, 0.15) is 71.6 Å². The summed E-state index contributed by atoms with van der Waals surface area (Å²) in [6, 6.07) is 2.73. The van der Waals surface area contributed by atoms with Crippen LogP contribution >= 0.6 is 0 Å². The molecule has 0 aromatic carbocycles. The highest BCUT2D eigenvalue weighted by atomic mass is 14.7.